The van der Waals surface area contributed by atoms with Gasteiger partial charge in [0, 0.05) is 7.11 Å². The summed E-state index contributed by atoms with van der Waals surface area (Å²) in [5.74, 6) is -0.526. The molecule has 6 nitrogen and oxygen atoms in total. The van der Waals surface area contributed by atoms with Gasteiger partial charge in [-0.25, -0.2) is 0 Å². The smallest absolute Gasteiger partial charge is 0.402 e. The third kappa shape index (κ3) is 5.78. The van der Waals surface area contributed by atoms with E-state index in [2.05, 4.69) is 17.4 Å². The molecule has 2 rings (SSSR count). The molecule has 1 aliphatic heterocycles. The zero-order valence-electron chi connectivity index (χ0n) is 17.2. The number of rotatable bonds is 9. The molecule has 0 aromatic heterocycles. The van der Waals surface area contributed by atoms with Gasteiger partial charge in [-0.15, -0.1) is 0 Å². The Balaban J connectivity index is 2.03. The van der Waals surface area contributed by atoms with Crippen LogP contribution < -0.4 is 11.1 Å². The fourth-order valence-corrected chi connectivity index (χ4v) is 3.04. The van der Waals surface area contributed by atoms with Crippen LogP contribution in [0.1, 0.15) is 46.1 Å². The molecule has 1 aromatic rings. The summed E-state index contributed by atoms with van der Waals surface area (Å²) in [5.41, 5.74) is 6.25. The molecular formula is C20H33BN2O4. The van der Waals surface area contributed by atoms with E-state index in [1.165, 1.54) is 12.7 Å². The predicted octanol–water partition coefficient (Wildman–Crippen LogP) is 2.10. The first-order valence-corrected chi connectivity index (χ1v) is 9.61. The van der Waals surface area contributed by atoms with E-state index >= 15 is 0 Å². The summed E-state index contributed by atoms with van der Waals surface area (Å²) in [6.45, 7) is 8.20. The van der Waals surface area contributed by atoms with Crippen molar-refractivity contribution in [3.63, 3.8) is 0 Å². The summed E-state index contributed by atoms with van der Waals surface area (Å²) in [6, 6.07) is 9.58. The second-order valence-electron chi connectivity index (χ2n) is 8.18. The highest BCUT2D eigenvalue weighted by Crippen LogP contribution is 2.38. The molecule has 0 radical (unpaired) electrons. The molecule has 2 unspecified atom stereocenters. The molecule has 0 bridgehead atoms. The Morgan fingerprint density at radius 3 is 2.33 bits per heavy atom. The molecule has 1 saturated heterocycles. The molecule has 1 aromatic carbocycles. The molecule has 1 aliphatic rings. The van der Waals surface area contributed by atoms with Crippen molar-refractivity contribution in [1.82, 2.24) is 5.32 Å². The maximum absolute atomic E-state index is 12.4. The quantitative estimate of drug-likeness (QED) is 0.645. The summed E-state index contributed by atoms with van der Waals surface area (Å²) in [7, 11) is 1.02. The van der Waals surface area contributed by atoms with Gasteiger partial charge in [-0.3, -0.25) is 4.79 Å². The topological polar surface area (TPSA) is 82.8 Å². The molecule has 0 saturated carbocycles. The number of nitrogens with two attached hydrogens (primary N) is 1. The maximum Gasteiger partial charge on any atom is 0.481 e. The van der Waals surface area contributed by atoms with Gasteiger partial charge in [0.2, 0.25) is 5.91 Å². The van der Waals surface area contributed by atoms with E-state index in [-0.39, 0.29) is 18.5 Å². The lowest BCUT2D eigenvalue weighted by Crippen LogP contribution is -2.53. The summed E-state index contributed by atoms with van der Waals surface area (Å²) in [5, 5.41) is 3.01. The van der Waals surface area contributed by atoms with Crippen molar-refractivity contribution < 1.29 is 18.8 Å². The van der Waals surface area contributed by atoms with Gasteiger partial charge in [0.15, 0.2) is 0 Å². The molecule has 1 fully saturated rings. The van der Waals surface area contributed by atoms with E-state index in [0.29, 0.717) is 0 Å². The maximum atomic E-state index is 12.4. The number of carbonyl (C=O) groups is 1. The number of ether oxygens (including phenoxy) is 1. The number of hydrogen-bond acceptors (Lipinski definition) is 5. The number of amides is 1. The van der Waals surface area contributed by atoms with Gasteiger partial charge in [0.1, 0.15) is 6.04 Å². The third-order valence-corrected chi connectivity index (χ3v) is 5.43. The number of methoxy groups -OCH3 is 1. The largest absolute Gasteiger partial charge is 0.481 e. The summed E-state index contributed by atoms with van der Waals surface area (Å²) in [4.78, 5) is 12.4. The Labute approximate surface area is 163 Å². The first kappa shape index (κ1) is 21.9. The number of benzene rings is 1. The van der Waals surface area contributed by atoms with Crippen molar-refractivity contribution in [2.45, 2.75) is 70.1 Å². The number of nitrogens with one attached hydrogen (secondary N) is 1. The molecule has 7 heteroatoms. The Hall–Kier alpha value is -1.41. The fraction of sp³-hybridized carbons (Fsp3) is 0.650. The first-order valence-electron chi connectivity index (χ1n) is 9.61. The normalized spacial score (nSPS) is 20.3. The van der Waals surface area contributed by atoms with Crippen LogP contribution in [0.3, 0.4) is 0 Å². The second kappa shape index (κ2) is 9.19. The molecule has 1 heterocycles. The fourth-order valence-electron chi connectivity index (χ4n) is 3.04. The molecule has 150 valence electrons. The van der Waals surface area contributed by atoms with Crippen molar-refractivity contribution in [2.24, 2.45) is 5.73 Å². The summed E-state index contributed by atoms with van der Waals surface area (Å²) < 4.78 is 17.3. The molecule has 0 spiro atoms. The molecular weight excluding hydrogens is 343 g/mol. The molecule has 27 heavy (non-hydrogen) atoms. The molecule has 3 N–H and O–H groups in total. The first-order chi connectivity index (χ1) is 12.7. The van der Waals surface area contributed by atoms with Crippen molar-refractivity contribution in [2.75, 3.05) is 13.7 Å². The van der Waals surface area contributed by atoms with Gasteiger partial charge in [0.25, 0.3) is 0 Å². The van der Waals surface area contributed by atoms with Gasteiger partial charge in [-0.1, -0.05) is 30.3 Å². The SMILES string of the molecule is COCC(N)C(=O)NC(CCCc1ccccc1)B1OC(C)(C)C(C)(C)O1. The van der Waals surface area contributed by atoms with Gasteiger partial charge < -0.3 is 25.1 Å². The number of hydrogen-bond donors (Lipinski definition) is 2. The molecule has 1 amide bonds. The van der Waals surface area contributed by atoms with Crippen LogP contribution in [-0.2, 0) is 25.3 Å². The van der Waals surface area contributed by atoms with Crippen LogP contribution in [0.4, 0.5) is 0 Å². The van der Waals surface area contributed by atoms with Crippen molar-refractivity contribution >= 4 is 13.0 Å². The van der Waals surface area contributed by atoms with Crippen molar-refractivity contribution in [1.29, 1.82) is 0 Å². The minimum atomic E-state index is -0.714. The Bertz CT molecular complexity index is 593. The third-order valence-electron chi connectivity index (χ3n) is 5.43. The second-order valence-corrected chi connectivity index (χ2v) is 8.18. The highest BCUT2D eigenvalue weighted by atomic mass is 16.7. The monoisotopic (exact) mass is 376 g/mol. The van der Waals surface area contributed by atoms with Gasteiger partial charge >= 0.3 is 7.12 Å². The standard InChI is InChI=1S/C20H33BN2O4/c1-19(2)20(3,4)27-21(26-19)17(23-18(24)16(22)14-25-5)13-9-12-15-10-7-6-8-11-15/h6-8,10-11,16-17H,9,12-14,22H2,1-5H3,(H,23,24). The van der Waals surface area contributed by atoms with Crippen molar-refractivity contribution in [3.8, 4) is 0 Å². The lowest BCUT2D eigenvalue weighted by Gasteiger charge is -2.32. The zero-order valence-corrected chi connectivity index (χ0v) is 17.2. The summed E-state index contributed by atoms with van der Waals surface area (Å²) >= 11 is 0. The van der Waals surface area contributed by atoms with Crippen LogP contribution in [0.15, 0.2) is 30.3 Å². The van der Waals surface area contributed by atoms with E-state index in [1.807, 2.05) is 45.9 Å². The molecule has 0 aliphatic carbocycles. The minimum absolute atomic E-state index is 0.173. The van der Waals surface area contributed by atoms with E-state index in [1.54, 1.807) is 0 Å². The highest BCUT2D eigenvalue weighted by Gasteiger charge is 2.54. The van der Waals surface area contributed by atoms with Gasteiger partial charge in [0.05, 0.1) is 23.8 Å². The highest BCUT2D eigenvalue weighted by molar-refractivity contribution is 6.48. The van der Waals surface area contributed by atoms with Crippen LogP contribution >= 0.6 is 0 Å². The van der Waals surface area contributed by atoms with Crippen molar-refractivity contribution in [3.05, 3.63) is 35.9 Å². The summed E-state index contributed by atoms with van der Waals surface area (Å²) in [6.07, 6.45) is 2.56. The van der Waals surface area contributed by atoms with Crippen LogP contribution in [0, 0.1) is 0 Å². The Morgan fingerprint density at radius 2 is 1.78 bits per heavy atom. The van der Waals surface area contributed by atoms with Gasteiger partial charge in [-0.2, -0.15) is 0 Å². The zero-order chi connectivity index (χ0) is 20.1. The number of aryl methyl sites for hydroxylation is 1. The van der Waals surface area contributed by atoms with Crippen LogP contribution in [0.5, 0.6) is 0 Å². The minimum Gasteiger partial charge on any atom is -0.402 e. The Kier molecular flexibility index (Phi) is 7.45. The van der Waals surface area contributed by atoms with Crippen LogP contribution in [0.2, 0.25) is 0 Å². The lowest BCUT2D eigenvalue weighted by molar-refractivity contribution is -0.123. The average Bonchev–Trinajstić information content (AvgIpc) is 2.82. The van der Waals surface area contributed by atoms with E-state index in [0.717, 1.165) is 19.3 Å². The number of carbonyl (C=O) groups excluding carboxylic acids is 1. The van der Waals surface area contributed by atoms with Gasteiger partial charge in [-0.05, 0) is 52.5 Å². The molecule has 2 atom stereocenters. The van der Waals surface area contributed by atoms with E-state index in [9.17, 15) is 4.79 Å². The van der Waals surface area contributed by atoms with E-state index < -0.39 is 24.4 Å². The lowest BCUT2D eigenvalue weighted by atomic mass is 9.75. The van der Waals surface area contributed by atoms with Crippen LogP contribution in [0.25, 0.3) is 0 Å². The Morgan fingerprint density at radius 1 is 1.19 bits per heavy atom. The van der Waals surface area contributed by atoms with Crippen LogP contribution in [-0.4, -0.2) is 49.9 Å². The predicted molar refractivity (Wildman–Crippen MR) is 107 cm³/mol. The van der Waals surface area contributed by atoms with E-state index in [4.69, 9.17) is 19.8 Å². The average molecular weight is 376 g/mol.